The second kappa shape index (κ2) is 4.36. The average molecular weight is 304 g/mol. The van der Waals surface area contributed by atoms with E-state index in [0.717, 1.165) is 12.8 Å². The van der Waals surface area contributed by atoms with Crippen molar-refractivity contribution in [1.29, 1.82) is 0 Å². The summed E-state index contributed by atoms with van der Waals surface area (Å²) in [4.78, 5) is 0. The third-order valence-electron chi connectivity index (χ3n) is 5.69. The number of hydrogen-bond donors (Lipinski definition) is 0. The molecule has 0 spiro atoms. The van der Waals surface area contributed by atoms with Crippen molar-refractivity contribution in [2.24, 2.45) is 0 Å². The van der Waals surface area contributed by atoms with Gasteiger partial charge in [-0.1, -0.05) is 72.8 Å². The van der Waals surface area contributed by atoms with Gasteiger partial charge in [0.15, 0.2) is 0 Å². The Labute approximate surface area is 141 Å². The monoisotopic (exact) mass is 304 g/mol. The van der Waals surface area contributed by atoms with Crippen molar-refractivity contribution in [3.8, 4) is 22.3 Å². The number of rotatable bonds is 0. The van der Waals surface area contributed by atoms with E-state index in [1.807, 2.05) is 0 Å². The molecule has 0 heterocycles. The Bertz CT molecular complexity index is 1150. The lowest BCUT2D eigenvalue weighted by molar-refractivity contribution is 1.23. The standard InChI is InChI=1S/C24H16/c1-3-7-20-15(5-1)9-10-18-14-19-12-11-17-13-16-6-2-4-8-21(16)23(17)24(19)22(18)20/h1-12H,13-14H2. The number of hydrogen-bond acceptors (Lipinski definition) is 0. The van der Waals surface area contributed by atoms with Crippen LogP contribution in [0, 0.1) is 0 Å². The van der Waals surface area contributed by atoms with Crippen LogP contribution >= 0.6 is 0 Å². The summed E-state index contributed by atoms with van der Waals surface area (Å²) in [6.45, 7) is 0. The van der Waals surface area contributed by atoms with Crippen molar-refractivity contribution >= 4 is 10.8 Å². The molecule has 112 valence electrons. The van der Waals surface area contributed by atoms with Gasteiger partial charge in [0.2, 0.25) is 0 Å². The van der Waals surface area contributed by atoms with Crippen LogP contribution in [0.3, 0.4) is 0 Å². The molecule has 0 aromatic heterocycles. The molecule has 24 heavy (non-hydrogen) atoms. The summed E-state index contributed by atoms with van der Waals surface area (Å²) >= 11 is 0. The minimum absolute atomic E-state index is 1.06. The fourth-order valence-corrected chi connectivity index (χ4v) is 4.66. The fraction of sp³-hybridized carbons (Fsp3) is 0.0833. The summed E-state index contributed by atoms with van der Waals surface area (Å²) in [7, 11) is 0. The van der Waals surface area contributed by atoms with Gasteiger partial charge in [-0.15, -0.1) is 0 Å². The van der Waals surface area contributed by atoms with Crippen molar-refractivity contribution in [2.45, 2.75) is 12.8 Å². The molecule has 0 nitrogen and oxygen atoms in total. The van der Waals surface area contributed by atoms with Crippen molar-refractivity contribution in [3.05, 3.63) is 95.1 Å². The lowest BCUT2D eigenvalue weighted by Gasteiger charge is -2.12. The first kappa shape index (κ1) is 12.5. The van der Waals surface area contributed by atoms with Gasteiger partial charge in [-0.2, -0.15) is 0 Å². The van der Waals surface area contributed by atoms with E-state index < -0.39 is 0 Å². The Hall–Kier alpha value is -2.86. The third kappa shape index (κ3) is 1.48. The highest BCUT2D eigenvalue weighted by Gasteiger charge is 2.29. The summed E-state index contributed by atoms with van der Waals surface area (Å²) in [6.07, 6.45) is 2.13. The zero-order chi connectivity index (χ0) is 15.7. The normalized spacial score (nSPS) is 13.5. The van der Waals surface area contributed by atoms with Gasteiger partial charge in [0, 0.05) is 0 Å². The fourth-order valence-electron chi connectivity index (χ4n) is 4.66. The lowest BCUT2D eigenvalue weighted by Crippen LogP contribution is -1.88. The van der Waals surface area contributed by atoms with E-state index in [0.29, 0.717) is 0 Å². The Morgan fingerprint density at radius 1 is 0.458 bits per heavy atom. The van der Waals surface area contributed by atoms with Crippen LogP contribution in [-0.2, 0) is 12.8 Å². The van der Waals surface area contributed by atoms with Crippen LogP contribution < -0.4 is 0 Å². The van der Waals surface area contributed by atoms with Gasteiger partial charge in [0.05, 0.1) is 0 Å². The molecule has 0 N–H and O–H groups in total. The Morgan fingerprint density at radius 3 is 2.08 bits per heavy atom. The van der Waals surface area contributed by atoms with Crippen LogP contribution in [0.4, 0.5) is 0 Å². The molecule has 0 saturated heterocycles. The van der Waals surface area contributed by atoms with Gasteiger partial charge in [-0.05, 0) is 68.1 Å². The first-order chi connectivity index (χ1) is 11.9. The first-order valence-electron chi connectivity index (χ1n) is 8.64. The van der Waals surface area contributed by atoms with Crippen LogP contribution in [0.1, 0.15) is 22.3 Å². The van der Waals surface area contributed by atoms with Crippen LogP contribution in [-0.4, -0.2) is 0 Å². The SMILES string of the molecule is c1ccc2c(c1)Cc1ccc3c(c1-2)-c1c(ccc2ccccc12)C3. The first-order valence-corrected chi connectivity index (χ1v) is 8.64. The maximum Gasteiger partial charge on any atom is -0.00130 e. The van der Waals surface area contributed by atoms with Crippen LogP contribution in [0.5, 0.6) is 0 Å². The molecule has 0 radical (unpaired) electrons. The van der Waals surface area contributed by atoms with Gasteiger partial charge < -0.3 is 0 Å². The van der Waals surface area contributed by atoms with Crippen LogP contribution in [0.2, 0.25) is 0 Å². The summed E-state index contributed by atoms with van der Waals surface area (Å²) in [5, 5.41) is 2.74. The smallest absolute Gasteiger partial charge is 0.00130 e. The zero-order valence-corrected chi connectivity index (χ0v) is 13.3. The van der Waals surface area contributed by atoms with Crippen molar-refractivity contribution in [2.75, 3.05) is 0 Å². The molecule has 4 aromatic rings. The highest BCUT2D eigenvalue weighted by Crippen LogP contribution is 2.50. The zero-order valence-electron chi connectivity index (χ0n) is 13.3. The minimum Gasteiger partial charge on any atom is -0.0619 e. The molecule has 0 unspecified atom stereocenters. The topological polar surface area (TPSA) is 0 Å². The molecule has 4 aromatic carbocycles. The third-order valence-corrected chi connectivity index (χ3v) is 5.69. The Morgan fingerprint density at radius 2 is 1.12 bits per heavy atom. The van der Waals surface area contributed by atoms with E-state index in [1.54, 1.807) is 0 Å². The van der Waals surface area contributed by atoms with Gasteiger partial charge in [0.1, 0.15) is 0 Å². The van der Waals surface area contributed by atoms with E-state index >= 15 is 0 Å². The Kier molecular flexibility index (Phi) is 2.28. The van der Waals surface area contributed by atoms with Gasteiger partial charge in [0.25, 0.3) is 0 Å². The quantitative estimate of drug-likeness (QED) is 0.324. The summed E-state index contributed by atoms with van der Waals surface area (Å²) in [5.41, 5.74) is 11.8. The second-order valence-electron chi connectivity index (χ2n) is 6.97. The molecule has 0 fully saturated rings. The molecule has 2 aliphatic carbocycles. The molecule has 0 bridgehead atoms. The van der Waals surface area contributed by atoms with Gasteiger partial charge >= 0.3 is 0 Å². The highest BCUT2D eigenvalue weighted by molar-refractivity contribution is 6.06. The molecule has 0 amide bonds. The summed E-state index contributed by atoms with van der Waals surface area (Å²) < 4.78 is 0. The van der Waals surface area contributed by atoms with Gasteiger partial charge in [-0.3, -0.25) is 0 Å². The molecule has 6 rings (SSSR count). The van der Waals surface area contributed by atoms with E-state index in [1.165, 1.54) is 55.3 Å². The molecular formula is C24H16. The minimum atomic E-state index is 1.06. The molecule has 0 aliphatic heterocycles. The van der Waals surface area contributed by atoms with Crippen LogP contribution in [0.15, 0.2) is 72.8 Å². The number of fused-ring (bicyclic) bond motifs is 9. The molecule has 2 aliphatic rings. The maximum atomic E-state index is 2.36. The van der Waals surface area contributed by atoms with Gasteiger partial charge in [-0.25, -0.2) is 0 Å². The highest BCUT2D eigenvalue weighted by atomic mass is 14.3. The van der Waals surface area contributed by atoms with Crippen molar-refractivity contribution in [1.82, 2.24) is 0 Å². The molecular weight excluding hydrogens is 288 g/mol. The Balaban J connectivity index is 1.77. The van der Waals surface area contributed by atoms with E-state index in [9.17, 15) is 0 Å². The van der Waals surface area contributed by atoms with E-state index in [4.69, 9.17) is 0 Å². The molecule has 0 atom stereocenters. The molecule has 0 heteroatoms. The largest absolute Gasteiger partial charge is 0.0619 e. The van der Waals surface area contributed by atoms with Crippen molar-refractivity contribution < 1.29 is 0 Å². The van der Waals surface area contributed by atoms with E-state index in [-0.39, 0.29) is 0 Å². The predicted molar refractivity (Wildman–Crippen MR) is 100 cm³/mol. The van der Waals surface area contributed by atoms with E-state index in [2.05, 4.69) is 72.8 Å². The number of benzene rings is 4. The predicted octanol–water partition coefficient (Wildman–Crippen LogP) is 5.98. The molecule has 0 saturated carbocycles. The van der Waals surface area contributed by atoms with Crippen LogP contribution in [0.25, 0.3) is 33.0 Å². The lowest BCUT2D eigenvalue weighted by atomic mass is 9.91. The average Bonchev–Trinajstić information content (AvgIpc) is 3.19. The van der Waals surface area contributed by atoms with Crippen molar-refractivity contribution in [3.63, 3.8) is 0 Å². The summed E-state index contributed by atoms with van der Waals surface area (Å²) in [5.74, 6) is 0. The second-order valence-corrected chi connectivity index (χ2v) is 6.97. The summed E-state index contributed by atoms with van der Waals surface area (Å²) in [6, 6.07) is 27.0. The maximum absolute atomic E-state index is 2.36.